The topological polar surface area (TPSA) is 43.4 Å². The number of rotatable bonds is 17. The Morgan fingerprint density at radius 2 is 1.15 bits per heavy atom. The summed E-state index contributed by atoms with van der Waals surface area (Å²) < 4.78 is 4.97. The van der Waals surface area contributed by atoms with Crippen LogP contribution in [-0.4, -0.2) is 11.9 Å². The smallest absolute Gasteiger partial charge is 0.313 e. The molecule has 0 spiro atoms. The SMILES string of the molecule is CC(CC=CCCCCC(=O)OC(=O)CCCCCCCC(C)CC(C)(C)C)CC(C)(C)C. The van der Waals surface area contributed by atoms with Crippen molar-refractivity contribution in [3.05, 3.63) is 12.2 Å². The van der Waals surface area contributed by atoms with E-state index in [4.69, 9.17) is 4.74 Å². The van der Waals surface area contributed by atoms with E-state index in [0.29, 0.717) is 29.6 Å². The van der Waals surface area contributed by atoms with Crippen LogP contribution in [0.5, 0.6) is 0 Å². The molecular weight excluding hydrogens is 408 g/mol. The van der Waals surface area contributed by atoms with Crippen molar-refractivity contribution in [3.63, 3.8) is 0 Å². The van der Waals surface area contributed by atoms with Crippen molar-refractivity contribution in [1.29, 1.82) is 0 Å². The molecule has 0 radical (unpaired) electrons. The molecule has 2 atom stereocenters. The Morgan fingerprint density at radius 3 is 1.73 bits per heavy atom. The third-order valence-electron chi connectivity index (χ3n) is 5.93. The van der Waals surface area contributed by atoms with Crippen LogP contribution >= 0.6 is 0 Å². The van der Waals surface area contributed by atoms with Crippen molar-refractivity contribution in [2.45, 2.75) is 145 Å². The fraction of sp³-hybridized carbons (Fsp3) is 0.867. The molecule has 0 heterocycles. The number of esters is 2. The minimum atomic E-state index is -0.365. The van der Waals surface area contributed by atoms with E-state index < -0.39 is 0 Å². The van der Waals surface area contributed by atoms with Crippen LogP contribution in [0.3, 0.4) is 0 Å². The van der Waals surface area contributed by atoms with Crippen molar-refractivity contribution in [2.75, 3.05) is 0 Å². The lowest BCUT2D eigenvalue weighted by Crippen LogP contribution is -2.11. The van der Waals surface area contributed by atoms with E-state index in [1.165, 1.54) is 32.1 Å². The Labute approximate surface area is 206 Å². The van der Waals surface area contributed by atoms with Crippen LogP contribution in [-0.2, 0) is 14.3 Å². The highest BCUT2D eigenvalue weighted by Crippen LogP contribution is 2.27. The molecule has 2 unspecified atom stereocenters. The Hall–Kier alpha value is -1.12. The largest absolute Gasteiger partial charge is 0.393 e. The van der Waals surface area contributed by atoms with E-state index in [-0.39, 0.29) is 11.9 Å². The normalized spacial score (nSPS) is 14.4. The van der Waals surface area contributed by atoms with Crippen molar-refractivity contribution in [1.82, 2.24) is 0 Å². The molecule has 0 amide bonds. The summed E-state index contributed by atoms with van der Waals surface area (Å²) in [6.45, 7) is 18.4. The highest BCUT2D eigenvalue weighted by molar-refractivity contribution is 5.85. The van der Waals surface area contributed by atoms with Gasteiger partial charge in [0.2, 0.25) is 0 Å². The monoisotopic (exact) mass is 464 g/mol. The van der Waals surface area contributed by atoms with E-state index in [0.717, 1.165) is 50.9 Å². The van der Waals surface area contributed by atoms with Crippen LogP contribution in [0, 0.1) is 22.7 Å². The minimum absolute atomic E-state index is 0.340. The first-order valence-corrected chi connectivity index (χ1v) is 13.7. The second-order valence-electron chi connectivity index (χ2n) is 12.8. The van der Waals surface area contributed by atoms with Gasteiger partial charge in [-0.15, -0.1) is 0 Å². The quantitative estimate of drug-likeness (QED) is 0.0931. The van der Waals surface area contributed by atoms with Gasteiger partial charge < -0.3 is 4.74 Å². The van der Waals surface area contributed by atoms with Crippen LogP contribution in [0.2, 0.25) is 0 Å². The molecule has 0 aromatic heterocycles. The van der Waals surface area contributed by atoms with Crippen molar-refractivity contribution in [2.24, 2.45) is 22.7 Å². The van der Waals surface area contributed by atoms with Gasteiger partial charge in [0.1, 0.15) is 0 Å². The Bertz CT molecular complexity index is 548. The third-order valence-corrected chi connectivity index (χ3v) is 5.93. The molecule has 0 rings (SSSR count). The van der Waals surface area contributed by atoms with Crippen molar-refractivity contribution in [3.8, 4) is 0 Å². The molecule has 0 fully saturated rings. The number of unbranched alkanes of at least 4 members (excludes halogenated alkanes) is 6. The molecule has 0 N–H and O–H groups in total. The summed E-state index contributed by atoms with van der Waals surface area (Å²) in [5.41, 5.74) is 0.800. The summed E-state index contributed by atoms with van der Waals surface area (Å²) in [4.78, 5) is 23.7. The maximum absolute atomic E-state index is 11.8. The standard InChI is InChI=1S/C30H56O3/c1-25(23-29(3,4)5)19-15-11-9-13-17-21-27(31)33-28(32)22-18-14-10-12-16-20-26(2)24-30(6,7)8/h11,15,25-26H,9-10,12-14,16-24H2,1-8H3. The zero-order valence-electron chi connectivity index (χ0n) is 23.4. The van der Waals surface area contributed by atoms with Gasteiger partial charge >= 0.3 is 11.9 Å². The van der Waals surface area contributed by atoms with Gasteiger partial charge in [0.25, 0.3) is 0 Å². The lowest BCUT2D eigenvalue weighted by atomic mass is 9.83. The maximum Gasteiger partial charge on any atom is 0.313 e. The van der Waals surface area contributed by atoms with Crippen LogP contribution in [0.15, 0.2) is 12.2 Å². The number of carbonyl (C=O) groups is 2. The van der Waals surface area contributed by atoms with Gasteiger partial charge in [-0.1, -0.05) is 99.6 Å². The van der Waals surface area contributed by atoms with Gasteiger partial charge in [-0.3, -0.25) is 9.59 Å². The van der Waals surface area contributed by atoms with E-state index in [1.807, 2.05) is 0 Å². The van der Waals surface area contributed by atoms with E-state index in [1.54, 1.807) is 0 Å². The highest BCUT2D eigenvalue weighted by Gasteiger charge is 2.15. The average molecular weight is 465 g/mol. The Kier molecular flexibility index (Phi) is 16.7. The molecule has 194 valence electrons. The molecule has 33 heavy (non-hydrogen) atoms. The van der Waals surface area contributed by atoms with E-state index in [2.05, 4.69) is 67.5 Å². The molecule has 0 aliphatic heterocycles. The number of ether oxygens (including phenoxy) is 1. The Balaban J connectivity index is 3.63. The number of hydrogen-bond acceptors (Lipinski definition) is 3. The summed E-state index contributed by atoms with van der Waals surface area (Å²) in [6, 6.07) is 0. The molecule has 3 nitrogen and oxygen atoms in total. The predicted molar refractivity (Wildman–Crippen MR) is 142 cm³/mol. The van der Waals surface area contributed by atoms with Crippen LogP contribution in [0.25, 0.3) is 0 Å². The summed E-state index contributed by atoms with van der Waals surface area (Å²) in [6.07, 6.45) is 18.4. The molecule has 0 aromatic carbocycles. The number of carbonyl (C=O) groups excluding carboxylic acids is 2. The average Bonchev–Trinajstić information content (AvgIpc) is 2.63. The lowest BCUT2D eigenvalue weighted by molar-refractivity contribution is -0.159. The molecule has 0 aliphatic rings. The first kappa shape index (κ1) is 31.9. The fourth-order valence-corrected chi connectivity index (χ4v) is 4.78. The Morgan fingerprint density at radius 1 is 0.667 bits per heavy atom. The first-order chi connectivity index (χ1) is 15.3. The third kappa shape index (κ3) is 23.8. The predicted octanol–water partition coefficient (Wildman–Crippen LogP) is 9.44. The molecule has 0 aliphatic carbocycles. The van der Waals surface area contributed by atoms with Gasteiger partial charge in [-0.05, 0) is 67.6 Å². The molecule has 0 bridgehead atoms. The van der Waals surface area contributed by atoms with Crippen LogP contribution in [0.4, 0.5) is 0 Å². The van der Waals surface area contributed by atoms with E-state index >= 15 is 0 Å². The van der Waals surface area contributed by atoms with Gasteiger partial charge in [0.05, 0.1) is 0 Å². The zero-order valence-corrected chi connectivity index (χ0v) is 23.4. The van der Waals surface area contributed by atoms with Gasteiger partial charge in [0.15, 0.2) is 0 Å². The number of hydrogen-bond donors (Lipinski definition) is 0. The summed E-state index contributed by atoms with van der Waals surface area (Å²) in [7, 11) is 0. The molecule has 3 heteroatoms. The van der Waals surface area contributed by atoms with Gasteiger partial charge in [-0.25, -0.2) is 0 Å². The minimum Gasteiger partial charge on any atom is -0.393 e. The van der Waals surface area contributed by atoms with E-state index in [9.17, 15) is 9.59 Å². The summed E-state index contributed by atoms with van der Waals surface area (Å²) >= 11 is 0. The van der Waals surface area contributed by atoms with Crippen LogP contribution in [0.1, 0.15) is 145 Å². The molecule has 0 saturated carbocycles. The molecule has 0 saturated heterocycles. The van der Waals surface area contributed by atoms with Crippen molar-refractivity contribution >= 4 is 11.9 Å². The first-order valence-electron chi connectivity index (χ1n) is 13.7. The highest BCUT2D eigenvalue weighted by atomic mass is 16.6. The summed E-state index contributed by atoms with van der Waals surface area (Å²) in [5.74, 6) is 0.760. The summed E-state index contributed by atoms with van der Waals surface area (Å²) in [5, 5.41) is 0. The second kappa shape index (κ2) is 17.3. The second-order valence-corrected chi connectivity index (χ2v) is 12.8. The van der Waals surface area contributed by atoms with Gasteiger partial charge in [-0.2, -0.15) is 0 Å². The maximum atomic E-state index is 11.8. The molecular formula is C30H56O3. The fourth-order valence-electron chi connectivity index (χ4n) is 4.78. The van der Waals surface area contributed by atoms with Crippen LogP contribution < -0.4 is 0 Å². The number of allylic oxidation sites excluding steroid dienone is 2. The zero-order chi connectivity index (χ0) is 25.3. The van der Waals surface area contributed by atoms with Gasteiger partial charge in [0, 0.05) is 12.8 Å². The van der Waals surface area contributed by atoms with Crippen molar-refractivity contribution < 1.29 is 14.3 Å². The molecule has 0 aromatic rings. The lowest BCUT2D eigenvalue weighted by Gasteiger charge is -2.23.